The summed E-state index contributed by atoms with van der Waals surface area (Å²) in [5.74, 6) is -1.69. The molecule has 4 nitrogen and oxygen atoms in total. The van der Waals surface area contributed by atoms with Gasteiger partial charge in [0.1, 0.15) is 5.82 Å². The van der Waals surface area contributed by atoms with Crippen molar-refractivity contribution in [2.45, 2.75) is 12.5 Å². The van der Waals surface area contributed by atoms with Crippen LogP contribution in [0.4, 0.5) is 10.1 Å². The number of aromatic nitrogens is 1. The number of anilines is 1. The van der Waals surface area contributed by atoms with E-state index < -0.39 is 17.3 Å². The molecular weight excluding hydrogens is 327 g/mol. The van der Waals surface area contributed by atoms with Crippen LogP contribution in [0, 0.1) is 5.82 Å². The molecule has 0 spiro atoms. The van der Waals surface area contributed by atoms with E-state index in [1.54, 1.807) is 24.3 Å². The lowest BCUT2D eigenvalue weighted by molar-refractivity contribution is -0.142. The van der Waals surface area contributed by atoms with Crippen molar-refractivity contribution in [2.24, 2.45) is 0 Å². The number of rotatable bonds is 4. The molecule has 1 aromatic carbocycles. The van der Waals surface area contributed by atoms with Gasteiger partial charge in [-0.25, -0.2) is 9.18 Å². The molecule has 20 heavy (non-hydrogen) atoms. The van der Waals surface area contributed by atoms with Crippen LogP contribution in [0.3, 0.4) is 0 Å². The summed E-state index contributed by atoms with van der Waals surface area (Å²) in [4.78, 5) is 15.3. The SMILES string of the molecule is CC(Nc1ccc(Br)cc1)(C(=O)O)c1cncc(F)c1. The van der Waals surface area contributed by atoms with E-state index in [4.69, 9.17) is 0 Å². The molecule has 104 valence electrons. The number of aliphatic carboxylic acids is 1. The van der Waals surface area contributed by atoms with E-state index in [9.17, 15) is 14.3 Å². The highest BCUT2D eigenvalue weighted by Gasteiger charge is 2.35. The van der Waals surface area contributed by atoms with Crippen molar-refractivity contribution in [1.82, 2.24) is 4.98 Å². The van der Waals surface area contributed by atoms with Gasteiger partial charge in [-0.2, -0.15) is 0 Å². The molecule has 2 rings (SSSR count). The number of benzene rings is 1. The maximum Gasteiger partial charge on any atom is 0.333 e. The highest BCUT2D eigenvalue weighted by Crippen LogP contribution is 2.27. The van der Waals surface area contributed by atoms with Gasteiger partial charge in [-0.1, -0.05) is 15.9 Å². The number of carbonyl (C=O) groups is 1. The third-order valence-electron chi connectivity index (χ3n) is 2.95. The first-order valence-corrected chi connectivity index (χ1v) is 6.59. The van der Waals surface area contributed by atoms with Crippen LogP contribution in [0.1, 0.15) is 12.5 Å². The Morgan fingerprint density at radius 2 is 2.00 bits per heavy atom. The van der Waals surface area contributed by atoms with Gasteiger partial charge in [-0.3, -0.25) is 4.98 Å². The Morgan fingerprint density at radius 3 is 2.55 bits per heavy atom. The Hall–Kier alpha value is -1.95. The lowest BCUT2D eigenvalue weighted by Crippen LogP contribution is -2.40. The molecule has 0 aliphatic rings. The second-order valence-electron chi connectivity index (χ2n) is 4.45. The normalized spacial score (nSPS) is 13.6. The molecular formula is C14H12BrFN2O2. The van der Waals surface area contributed by atoms with E-state index in [0.717, 1.165) is 16.7 Å². The molecule has 0 bridgehead atoms. The third kappa shape index (κ3) is 2.96. The average molecular weight is 339 g/mol. The Bertz CT molecular complexity index is 633. The first-order valence-electron chi connectivity index (χ1n) is 5.80. The fraction of sp³-hybridized carbons (Fsp3) is 0.143. The lowest BCUT2D eigenvalue weighted by Gasteiger charge is -2.27. The zero-order valence-corrected chi connectivity index (χ0v) is 12.2. The molecule has 0 saturated carbocycles. The highest BCUT2D eigenvalue weighted by atomic mass is 79.9. The van der Waals surface area contributed by atoms with Crippen molar-refractivity contribution in [3.05, 3.63) is 58.6 Å². The van der Waals surface area contributed by atoms with Crippen LogP contribution in [0.15, 0.2) is 47.2 Å². The molecule has 0 fully saturated rings. The quantitative estimate of drug-likeness (QED) is 0.896. The van der Waals surface area contributed by atoms with E-state index in [1.165, 1.54) is 13.1 Å². The first kappa shape index (κ1) is 14.5. The second-order valence-corrected chi connectivity index (χ2v) is 5.37. The largest absolute Gasteiger partial charge is 0.479 e. The number of halogens is 2. The lowest BCUT2D eigenvalue weighted by atomic mass is 9.93. The molecule has 1 atom stereocenters. The molecule has 0 saturated heterocycles. The Balaban J connectivity index is 2.39. The van der Waals surface area contributed by atoms with Gasteiger partial charge >= 0.3 is 5.97 Å². The minimum absolute atomic E-state index is 0.243. The zero-order valence-electron chi connectivity index (χ0n) is 10.6. The molecule has 0 amide bonds. The van der Waals surface area contributed by atoms with Crippen LogP contribution in [-0.4, -0.2) is 16.1 Å². The van der Waals surface area contributed by atoms with Gasteiger partial charge in [0.25, 0.3) is 0 Å². The van der Waals surface area contributed by atoms with Crippen molar-refractivity contribution < 1.29 is 14.3 Å². The van der Waals surface area contributed by atoms with Crippen LogP contribution >= 0.6 is 15.9 Å². The number of nitrogens with zero attached hydrogens (tertiary/aromatic N) is 1. The highest BCUT2D eigenvalue weighted by molar-refractivity contribution is 9.10. The monoisotopic (exact) mass is 338 g/mol. The molecule has 2 N–H and O–H groups in total. The summed E-state index contributed by atoms with van der Waals surface area (Å²) in [6.07, 6.45) is 2.37. The number of nitrogens with one attached hydrogen (secondary N) is 1. The minimum Gasteiger partial charge on any atom is -0.479 e. The summed E-state index contributed by atoms with van der Waals surface area (Å²) < 4.78 is 14.1. The van der Waals surface area contributed by atoms with E-state index in [0.29, 0.717) is 5.69 Å². The number of carboxylic acids is 1. The summed E-state index contributed by atoms with van der Waals surface area (Å²) in [6.45, 7) is 1.47. The van der Waals surface area contributed by atoms with E-state index in [2.05, 4.69) is 26.2 Å². The van der Waals surface area contributed by atoms with Crippen molar-refractivity contribution in [2.75, 3.05) is 5.32 Å². The van der Waals surface area contributed by atoms with Crippen LogP contribution in [0.2, 0.25) is 0 Å². The average Bonchev–Trinajstić information content (AvgIpc) is 2.41. The van der Waals surface area contributed by atoms with Crippen LogP contribution in [-0.2, 0) is 10.3 Å². The molecule has 6 heteroatoms. The summed E-state index contributed by atoms with van der Waals surface area (Å²) in [5.41, 5.74) is -0.613. The summed E-state index contributed by atoms with van der Waals surface area (Å²) >= 11 is 3.30. The predicted molar refractivity (Wildman–Crippen MR) is 76.9 cm³/mol. The molecule has 2 aromatic rings. The third-order valence-corrected chi connectivity index (χ3v) is 3.48. The molecule has 0 radical (unpaired) electrons. The summed E-state index contributed by atoms with van der Waals surface area (Å²) in [5, 5.41) is 12.4. The predicted octanol–water partition coefficient (Wildman–Crippen LogP) is 3.40. The molecule has 1 aromatic heterocycles. The van der Waals surface area contributed by atoms with Crippen molar-refractivity contribution in [3.63, 3.8) is 0 Å². The standard InChI is InChI=1S/C14H12BrFN2O2/c1-14(13(19)20,9-6-11(16)8-17-7-9)18-12-4-2-10(15)3-5-12/h2-8,18H,1H3,(H,19,20). The summed E-state index contributed by atoms with van der Waals surface area (Å²) in [6, 6.07) is 8.20. The van der Waals surface area contributed by atoms with Crippen molar-refractivity contribution in [3.8, 4) is 0 Å². The summed E-state index contributed by atoms with van der Waals surface area (Å²) in [7, 11) is 0. The van der Waals surface area contributed by atoms with Gasteiger partial charge in [0.05, 0.1) is 6.20 Å². The Kier molecular flexibility index (Phi) is 4.04. The fourth-order valence-electron chi connectivity index (χ4n) is 1.76. The van der Waals surface area contributed by atoms with Crippen LogP contribution in [0.5, 0.6) is 0 Å². The number of hydrogen-bond acceptors (Lipinski definition) is 3. The van der Waals surface area contributed by atoms with Crippen molar-refractivity contribution >= 4 is 27.6 Å². The molecule has 0 aliphatic heterocycles. The zero-order chi connectivity index (χ0) is 14.8. The number of pyridine rings is 1. The topological polar surface area (TPSA) is 62.2 Å². The van der Waals surface area contributed by atoms with E-state index >= 15 is 0 Å². The van der Waals surface area contributed by atoms with Crippen molar-refractivity contribution in [1.29, 1.82) is 0 Å². The van der Waals surface area contributed by atoms with Gasteiger partial charge in [0.2, 0.25) is 0 Å². The van der Waals surface area contributed by atoms with E-state index in [1.807, 2.05) is 0 Å². The van der Waals surface area contributed by atoms with Gasteiger partial charge in [-0.15, -0.1) is 0 Å². The number of carboxylic acid groups (broad SMARTS) is 1. The first-order chi connectivity index (χ1) is 9.41. The smallest absolute Gasteiger partial charge is 0.333 e. The van der Waals surface area contributed by atoms with E-state index in [-0.39, 0.29) is 5.56 Å². The molecule has 0 aliphatic carbocycles. The fourth-order valence-corrected chi connectivity index (χ4v) is 2.02. The van der Waals surface area contributed by atoms with Gasteiger partial charge in [-0.05, 0) is 37.3 Å². The Labute approximate surface area is 123 Å². The van der Waals surface area contributed by atoms with Gasteiger partial charge in [0, 0.05) is 21.9 Å². The maximum atomic E-state index is 13.3. The van der Waals surface area contributed by atoms with Crippen LogP contribution < -0.4 is 5.32 Å². The molecule has 1 heterocycles. The minimum atomic E-state index is -1.47. The van der Waals surface area contributed by atoms with Crippen LogP contribution in [0.25, 0.3) is 0 Å². The number of hydrogen-bond donors (Lipinski definition) is 2. The van der Waals surface area contributed by atoms with Gasteiger partial charge in [0.15, 0.2) is 5.54 Å². The molecule has 1 unspecified atom stereocenters. The van der Waals surface area contributed by atoms with Gasteiger partial charge < -0.3 is 10.4 Å². The second kappa shape index (κ2) is 5.58. The maximum absolute atomic E-state index is 13.3. The Morgan fingerprint density at radius 1 is 1.35 bits per heavy atom.